The van der Waals surface area contributed by atoms with Crippen LogP contribution < -0.4 is 5.32 Å². The Morgan fingerprint density at radius 2 is 2.29 bits per heavy atom. The van der Waals surface area contributed by atoms with Crippen LogP contribution in [0.3, 0.4) is 0 Å². The monoisotopic (exact) mass is 313 g/mol. The number of methoxy groups -OCH3 is 1. The fourth-order valence-electron chi connectivity index (χ4n) is 3.01. The molecule has 1 fully saturated rings. The van der Waals surface area contributed by atoms with Gasteiger partial charge in [-0.05, 0) is 37.1 Å². The maximum atomic E-state index is 10.1. The average Bonchev–Trinajstić information content (AvgIpc) is 2.53. The maximum absolute atomic E-state index is 10.1. The molecule has 4 nitrogen and oxygen atoms in total. The third-order valence-corrected chi connectivity index (χ3v) is 4.39. The first kappa shape index (κ1) is 16.7. The van der Waals surface area contributed by atoms with Crippen molar-refractivity contribution in [2.24, 2.45) is 5.92 Å². The van der Waals surface area contributed by atoms with Crippen molar-refractivity contribution in [3.05, 3.63) is 34.9 Å². The van der Waals surface area contributed by atoms with E-state index in [1.807, 2.05) is 24.3 Å². The largest absolute Gasteiger partial charge is 0.393 e. The van der Waals surface area contributed by atoms with Crippen molar-refractivity contribution in [1.82, 2.24) is 5.32 Å². The van der Waals surface area contributed by atoms with Crippen LogP contribution in [0.1, 0.15) is 18.4 Å². The lowest BCUT2D eigenvalue weighted by Crippen LogP contribution is -2.49. The van der Waals surface area contributed by atoms with Crippen molar-refractivity contribution in [2.75, 3.05) is 40.0 Å². The van der Waals surface area contributed by atoms with Crippen LogP contribution >= 0.6 is 11.6 Å². The number of nitrogens with one attached hydrogen (secondary N) is 1. The van der Waals surface area contributed by atoms with Crippen molar-refractivity contribution < 1.29 is 14.6 Å². The molecule has 0 radical (unpaired) electrons. The molecule has 0 amide bonds. The summed E-state index contributed by atoms with van der Waals surface area (Å²) in [6, 6.07) is 7.60. The van der Waals surface area contributed by atoms with Crippen molar-refractivity contribution in [2.45, 2.75) is 18.4 Å². The quantitative estimate of drug-likeness (QED) is 0.758. The van der Waals surface area contributed by atoms with E-state index in [2.05, 4.69) is 5.32 Å². The molecular formula is C16H24ClNO3. The van der Waals surface area contributed by atoms with Gasteiger partial charge in [0.2, 0.25) is 0 Å². The second-order valence-corrected chi connectivity index (χ2v) is 5.88. The molecule has 21 heavy (non-hydrogen) atoms. The zero-order valence-electron chi connectivity index (χ0n) is 12.5. The van der Waals surface area contributed by atoms with Gasteiger partial charge in [0.05, 0.1) is 19.8 Å². The minimum atomic E-state index is -0.725. The van der Waals surface area contributed by atoms with Gasteiger partial charge in [0.1, 0.15) is 5.60 Å². The van der Waals surface area contributed by atoms with Crippen LogP contribution in [0.25, 0.3) is 0 Å². The highest BCUT2D eigenvalue weighted by molar-refractivity contribution is 6.30. The highest BCUT2D eigenvalue weighted by atomic mass is 35.5. The van der Waals surface area contributed by atoms with E-state index >= 15 is 0 Å². The van der Waals surface area contributed by atoms with Crippen molar-refractivity contribution in [3.63, 3.8) is 0 Å². The van der Waals surface area contributed by atoms with Gasteiger partial charge >= 0.3 is 0 Å². The minimum absolute atomic E-state index is 0.0661. The number of hydrogen-bond donors (Lipinski definition) is 2. The predicted octanol–water partition coefficient (Wildman–Crippen LogP) is 2.19. The van der Waals surface area contributed by atoms with E-state index in [-0.39, 0.29) is 12.5 Å². The summed E-state index contributed by atoms with van der Waals surface area (Å²) < 4.78 is 11.2. The molecule has 2 N–H and O–H groups in total. The SMILES string of the molecule is COCCOC(CO)(c1cccc(Cl)c1)[C@@H]1CCCNC1. The van der Waals surface area contributed by atoms with Crippen LogP contribution in [0.4, 0.5) is 0 Å². The molecule has 1 aliphatic heterocycles. The van der Waals surface area contributed by atoms with Crippen LogP contribution in [0.2, 0.25) is 5.02 Å². The highest BCUT2D eigenvalue weighted by Gasteiger charge is 2.41. The number of rotatable bonds is 7. The molecule has 1 unspecified atom stereocenters. The van der Waals surface area contributed by atoms with E-state index in [1.165, 1.54) is 0 Å². The fraction of sp³-hybridized carbons (Fsp3) is 0.625. The normalized spacial score (nSPS) is 22.0. The summed E-state index contributed by atoms with van der Waals surface area (Å²) in [5.74, 6) is 0.214. The first-order chi connectivity index (χ1) is 10.2. The number of halogens is 1. The molecule has 0 aromatic heterocycles. The Bertz CT molecular complexity index is 437. The Hall–Kier alpha value is -0.650. The summed E-state index contributed by atoms with van der Waals surface area (Å²) in [4.78, 5) is 0. The lowest BCUT2D eigenvalue weighted by Gasteiger charge is -2.42. The fourth-order valence-corrected chi connectivity index (χ4v) is 3.20. The summed E-state index contributed by atoms with van der Waals surface area (Å²) in [7, 11) is 1.64. The molecule has 1 aliphatic rings. The number of piperidine rings is 1. The molecule has 0 bridgehead atoms. The van der Waals surface area contributed by atoms with Gasteiger partial charge in [-0.3, -0.25) is 0 Å². The molecule has 0 saturated carbocycles. The van der Waals surface area contributed by atoms with Gasteiger partial charge < -0.3 is 19.9 Å². The first-order valence-corrected chi connectivity index (χ1v) is 7.81. The standard InChI is InChI=1S/C16H24ClNO3/c1-20-8-9-21-16(12-19,14-5-3-7-18-11-14)13-4-2-6-15(17)10-13/h2,4,6,10,14,18-19H,3,5,7-9,11-12H2,1H3/t14-,16?/m1/s1. The van der Waals surface area contributed by atoms with E-state index in [4.69, 9.17) is 21.1 Å². The van der Waals surface area contributed by atoms with Gasteiger partial charge in [-0.2, -0.15) is 0 Å². The number of hydrogen-bond acceptors (Lipinski definition) is 4. The van der Waals surface area contributed by atoms with Crippen LogP contribution in [0.15, 0.2) is 24.3 Å². The first-order valence-electron chi connectivity index (χ1n) is 7.43. The summed E-state index contributed by atoms with van der Waals surface area (Å²) >= 11 is 6.13. The molecule has 5 heteroatoms. The van der Waals surface area contributed by atoms with Crippen LogP contribution in [-0.2, 0) is 15.1 Å². The maximum Gasteiger partial charge on any atom is 0.120 e. The smallest absolute Gasteiger partial charge is 0.120 e. The number of ether oxygens (including phenoxy) is 2. The topological polar surface area (TPSA) is 50.7 Å². The zero-order valence-corrected chi connectivity index (χ0v) is 13.2. The van der Waals surface area contributed by atoms with Crippen LogP contribution in [0.5, 0.6) is 0 Å². The van der Waals surface area contributed by atoms with E-state index in [1.54, 1.807) is 7.11 Å². The van der Waals surface area contributed by atoms with Crippen LogP contribution in [0, 0.1) is 5.92 Å². The van der Waals surface area contributed by atoms with E-state index < -0.39 is 5.60 Å². The Kier molecular flexibility index (Phi) is 6.45. The lowest BCUT2D eigenvalue weighted by molar-refractivity contribution is -0.137. The summed E-state index contributed by atoms with van der Waals surface area (Å²) in [5, 5.41) is 14.2. The van der Waals surface area contributed by atoms with Gasteiger partial charge in [-0.1, -0.05) is 23.7 Å². The Morgan fingerprint density at radius 1 is 1.43 bits per heavy atom. The minimum Gasteiger partial charge on any atom is -0.393 e. The van der Waals surface area contributed by atoms with E-state index in [9.17, 15) is 5.11 Å². The second-order valence-electron chi connectivity index (χ2n) is 5.44. The Morgan fingerprint density at radius 3 is 2.90 bits per heavy atom. The zero-order chi connectivity index (χ0) is 15.1. The van der Waals surface area contributed by atoms with Crippen molar-refractivity contribution in [1.29, 1.82) is 0 Å². The van der Waals surface area contributed by atoms with Gasteiger partial charge in [0.25, 0.3) is 0 Å². The van der Waals surface area contributed by atoms with Gasteiger partial charge in [-0.15, -0.1) is 0 Å². The number of benzene rings is 1. The highest BCUT2D eigenvalue weighted by Crippen LogP contribution is 2.38. The third kappa shape index (κ3) is 3.96. The average molecular weight is 314 g/mol. The summed E-state index contributed by atoms with van der Waals surface area (Å²) in [6.07, 6.45) is 2.10. The molecule has 1 saturated heterocycles. The van der Waals surface area contributed by atoms with E-state index in [0.717, 1.165) is 31.5 Å². The molecule has 0 aliphatic carbocycles. The van der Waals surface area contributed by atoms with Gasteiger partial charge in [0, 0.05) is 24.6 Å². The molecular weight excluding hydrogens is 290 g/mol. The third-order valence-electron chi connectivity index (χ3n) is 4.15. The molecule has 1 heterocycles. The summed E-state index contributed by atoms with van der Waals surface area (Å²) in [6.45, 7) is 2.73. The molecule has 1 aromatic rings. The Labute approximate surface area is 131 Å². The predicted molar refractivity (Wildman–Crippen MR) is 83.6 cm³/mol. The van der Waals surface area contributed by atoms with E-state index in [0.29, 0.717) is 18.2 Å². The molecule has 118 valence electrons. The number of aliphatic hydroxyl groups excluding tert-OH is 1. The van der Waals surface area contributed by atoms with Crippen molar-refractivity contribution in [3.8, 4) is 0 Å². The Balaban J connectivity index is 2.30. The molecule has 1 aromatic carbocycles. The number of aliphatic hydroxyl groups is 1. The molecule has 2 rings (SSSR count). The van der Waals surface area contributed by atoms with Crippen LogP contribution in [-0.4, -0.2) is 45.1 Å². The summed E-state index contributed by atoms with van der Waals surface area (Å²) in [5.41, 5.74) is 0.207. The second kappa shape index (κ2) is 8.11. The molecule has 2 atom stereocenters. The molecule has 0 spiro atoms. The van der Waals surface area contributed by atoms with Gasteiger partial charge in [0.15, 0.2) is 0 Å². The van der Waals surface area contributed by atoms with Gasteiger partial charge in [-0.25, -0.2) is 0 Å². The lowest BCUT2D eigenvalue weighted by atomic mass is 9.77. The van der Waals surface area contributed by atoms with Crippen molar-refractivity contribution >= 4 is 11.6 Å².